The molecule has 0 aromatic rings. The summed E-state index contributed by atoms with van der Waals surface area (Å²) in [6, 6.07) is 0.230. The lowest BCUT2D eigenvalue weighted by Crippen LogP contribution is -2.46. The Hall–Kier alpha value is -0.580. The van der Waals surface area contributed by atoms with Crippen molar-refractivity contribution < 1.29 is 9.00 Å². The first-order valence-corrected chi connectivity index (χ1v) is 7.06. The van der Waals surface area contributed by atoms with Crippen molar-refractivity contribution in [3.63, 3.8) is 0 Å². The Kier molecular flexibility index (Phi) is 5.08. The number of nitrogens with zero attached hydrogens (tertiary/aromatic N) is 1. The van der Waals surface area contributed by atoms with E-state index < -0.39 is 10.8 Å². The number of hydrogen-bond donors (Lipinski definition) is 1. The molecule has 15 heavy (non-hydrogen) atoms. The molecular formula is C10H20N2O2S. The van der Waals surface area contributed by atoms with Gasteiger partial charge in [-0.25, -0.2) is 4.79 Å². The molecule has 0 unspecified atom stereocenters. The highest BCUT2D eigenvalue weighted by molar-refractivity contribution is 7.85. The van der Waals surface area contributed by atoms with E-state index in [1.54, 1.807) is 4.90 Å². The Morgan fingerprint density at radius 1 is 1.33 bits per heavy atom. The van der Waals surface area contributed by atoms with Gasteiger partial charge in [0.1, 0.15) is 0 Å². The molecule has 0 radical (unpaired) electrons. The zero-order valence-electron chi connectivity index (χ0n) is 9.49. The fourth-order valence-electron chi connectivity index (χ4n) is 1.71. The molecule has 1 N–H and O–H groups in total. The maximum atomic E-state index is 11.7. The predicted octanol–water partition coefficient (Wildman–Crippen LogP) is 0.949. The van der Waals surface area contributed by atoms with E-state index in [4.69, 9.17) is 0 Å². The first kappa shape index (κ1) is 12.5. The van der Waals surface area contributed by atoms with E-state index in [1.807, 2.05) is 13.8 Å². The van der Waals surface area contributed by atoms with Crippen LogP contribution in [0.5, 0.6) is 0 Å². The molecule has 1 heterocycles. The monoisotopic (exact) mass is 232 g/mol. The molecule has 1 aliphatic rings. The van der Waals surface area contributed by atoms with Crippen molar-refractivity contribution in [2.75, 3.05) is 24.6 Å². The van der Waals surface area contributed by atoms with Crippen molar-refractivity contribution in [3.05, 3.63) is 0 Å². The van der Waals surface area contributed by atoms with Crippen molar-refractivity contribution in [2.45, 2.75) is 32.7 Å². The summed E-state index contributed by atoms with van der Waals surface area (Å²) in [4.78, 5) is 13.5. The molecule has 4 nitrogen and oxygen atoms in total. The molecule has 0 aliphatic carbocycles. The smallest absolute Gasteiger partial charge is 0.317 e. The fraction of sp³-hybridized carbons (Fsp3) is 0.900. The molecule has 1 fully saturated rings. The van der Waals surface area contributed by atoms with Crippen LogP contribution in [0.4, 0.5) is 4.79 Å². The van der Waals surface area contributed by atoms with Gasteiger partial charge in [-0.1, -0.05) is 0 Å². The minimum atomic E-state index is -0.655. The molecule has 1 saturated heterocycles. The van der Waals surface area contributed by atoms with Gasteiger partial charge in [-0.2, -0.15) is 0 Å². The lowest BCUT2D eigenvalue weighted by atomic mass is 10.1. The Labute approximate surface area is 93.9 Å². The standard InChI is InChI=1S/C10H20N2O2S/c1-3-12(4-2)10(13)11-9-5-7-15(14)8-6-9/h9H,3-8H2,1-2H3,(H,11,13). The van der Waals surface area contributed by atoms with E-state index in [-0.39, 0.29) is 12.1 Å². The third-order valence-corrected chi connectivity index (χ3v) is 4.15. The normalized spacial score (nSPS) is 26.0. The number of amides is 2. The summed E-state index contributed by atoms with van der Waals surface area (Å²) < 4.78 is 11.1. The second kappa shape index (κ2) is 6.10. The number of carbonyl (C=O) groups excluding carboxylic acids is 1. The van der Waals surface area contributed by atoms with Gasteiger partial charge in [-0.05, 0) is 26.7 Å². The van der Waals surface area contributed by atoms with Gasteiger partial charge >= 0.3 is 6.03 Å². The minimum Gasteiger partial charge on any atom is -0.335 e. The topological polar surface area (TPSA) is 49.4 Å². The molecule has 2 amide bonds. The average Bonchev–Trinajstić information content (AvgIpc) is 2.23. The number of rotatable bonds is 3. The SMILES string of the molecule is CCN(CC)C(=O)NC1CCS(=O)CC1. The van der Waals surface area contributed by atoms with Crippen LogP contribution in [-0.2, 0) is 10.8 Å². The lowest BCUT2D eigenvalue weighted by molar-refractivity contribution is 0.198. The van der Waals surface area contributed by atoms with Gasteiger partial charge in [0.15, 0.2) is 0 Å². The number of hydrogen-bond acceptors (Lipinski definition) is 2. The van der Waals surface area contributed by atoms with E-state index in [2.05, 4.69) is 5.32 Å². The van der Waals surface area contributed by atoms with E-state index in [0.29, 0.717) is 0 Å². The molecule has 0 spiro atoms. The van der Waals surface area contributed by atoms with Gasteiger partial charge < -0.3 is 10.2 Å². The maximum Gasteiger partial charge on any atom is 0.317 e. The summed E-state index contributed by atoms with van der Waals surface area (Å²) >= 11 is 0. The first-order chi connectivity index (χ1) is 7.17. The van der Waals surface area contributed by atoms with Gasteiger partial charge in [-0.15, -0.1) is 0 Å². The van der Waals surface area contributed by atoms with Gasteiger partial charge in [0.25, 0.3) is 0 Å². The van der Waals surface area contributed by atoms with Crippen molar-refractivity contribution in [3.8, 4) is 0 Å². The number of nitrogens with one attached hydrogen (secondary N) is 1. The Bertz CT molecular complexity index is 232. The molecule has 88 valence electrons. The number of urea groups is 1. The Morgan fingerprint density at radius 3 is 2.33 bits per heavy atom. The van der Waals surface area contributed by atoms with Crippen molar-refractivity contribution in [2.24, 2.45) is 0 Å². The lowest BCUT2D eigenvalue weighted by Gasteiger charge is -2.26. The van der Waals surface area contributed by atoms with Crippen LogP contribution in [0.1, 0.15) is 26.7 Å². The third-order valence-electron chi connectivity index (χ3n) is 2.77. The zero-order valence-corrected chi connectivity index (χ0v) is 10.3. The van der Waals surface area contributed by atoms with E-state index >= 15 is 0 Å². The summed E-state index contributed by atoms with van der Waals surface area (Å²) in [5.74, 6) is 1.45. The zero-order chi connectivity index (χ0) is 11.3. The summed E-state index contributed by atoms with van der Waals surface area (Å²) in [6.45, 7) is 5.42. The molecule has 0 aromatic heterocycles. The molecule has 0 aromatic carbocycles. The first-order valence-electron chi connectivity index (χ1n) is 5.57. The van der Waals surface area contributed by atoms with Crippen LogP contribution in [0.3, 0.4) is 0 Å². The van der Waals surface area contributed by atoms with Gasteiger partial charge in [0.05, 0.1) is 0 Å². The van der Waals surface area contributed by atoms with Gasteiger partial charge in [-0.3, -0.25) is 4.21 Å². The quantitative estimate of drug-likeness (QED) is 0.787. The van der Waals surface area contributed by atoms with Crippen LogP contribution >= 0.6 is 0 Å². The van der Waals surface area contributed by atoms with Crippen LogP contribution in [0.2, 0.25) is 0 Å². The molecule has 0 atom stereocenters. The summed E-state index contributed by atoms with van der Waals surface area (Å²) in [7, 11) is -0.655. The third kappa shape index (κ3) is 3.81. The van der Waals surface area contributed by atoms with Crippen LogP contribution in [0.15, 0.2) is 0 Å². The molecule has 1 rings (SSSR count). The van der Waals surface area contributed by atoms with Crippen LogP contribution in [-0.4, -0.2) is 45.8 Å². The second-order valence-corrected chi connectivity index (χ2v) is 5.44. The molecule has 5 heteroatoms. The van der Waals surface area contributed by atoms with E-state index in [9.17, 15) is 9.00 Å². The molecule has 1 aliphatic heterocycles. The summed E-state index contributed by atoms with van der Waals surface area (Å²) in [5, 5.41) is 2.99. The Balaban J connectivity index is 2.34. The summed E-state index contributed by atoms with van der Waals surface area (Å²) in [6.07, 6.45) is 1.69. The van der Waals surface area contributed by atoms with Crippen molar-refractivity contribution in [1.29, 1.82) is 0 Å². The number of carbonyl (C=O) groups is 1. The van der Waals surface area contributed by atoms with Crippen molar-refractivity contribution in [1.82, 2.24) is 10.2 Å². The Morgan fingerprint density at radius 2 is 1.87 bits per heavy atom. The highest BCUT2D eigenvalue weighted by Gasteiger charge is 2.20. The van der Waals surface area contributed by atoms with E-state index in [0.717, 1.165) is 37.4 Å². The van der Waals surface area contributed by atoms with Gasteiger partial charge in [0.2, 0.25) is 0 Å². The van der Waals surface area contributed by atoms with Crippen LogP contribution in [0.25, 0.3) is 0 Å². The summed E-state index contributed by atoms with van der Waals surface area (Å²) in [5.41, 5.74) is 0. The molecular weight excluding hydrogens is 212 g/mol. The van der Waals surface area contributed by atoms with Crippen LogP contribution < -0.4 is 5.32 Å². The van der Waals surface area contributed by atoms with Crippen LogP contribution in [0, 0.1) is 0 Å². The second-order valence-electron chi connectivity index (χ2n) is 3.74. The fourth-order valence-corrected chi connectivity index (χ4v) is 3.01. The molecule has 0 bridgehead atoms. The highest BCUT2D eigenvalue weighted by atomic mass is 32.2. The maximum absolute atomic E-state index is 11.7. The predicted molar refractivity (Wildman–Crippen MR) is 62.4 cm³/mol. The largest absolute Gasteiger partial charge is 0.335 e. The van der Waals surface area contributed by atoms with Crippen molar-refractivity contribution >= 4 is 16.8 Å². The molecule has 0 saturated carbocycles. The van der Waals surface area contributed by atoms with Gasteiger partial charge in [0, 0.05) is 41.4 Å². The average molecular weight is 232 g/mol. The highest BCUT2D eigenvalue weighted by Crippen LogP contribution is 2.09. The van der Waals surface area contributed by atoms with E-state index in [1.165, 1.54) is 0 Å². The minimum absolute atomic E-state index is 0.0117.